The predicted molar refractivity (Wildman–Crippen MR) is 132 cm³/mol. The lowest BCUT2D eigenvalue weighted by molar-refractivity contribution is 0.269. The Labute approximate surface area is 200 Å². The minimum atomic E-state index is -0.289. The number of imidazole rings is 1. The van der Waals surface area contributed by atoms with Crippen molar-refractivity contribution in [3.05, 3.63) is 97.0 Å². The fourth-order valence-corrected chi connectivity index (χ4v) is 4.95. The van der Waals surface area contributed by atoms with Gasteiger partial charge in [-0.25, -0.2) is 13.8 Å². The van der Waals surface area contributed by atoms with Gasteiger partial charge in [-0.2, -0.15) is 0 Å². The van der Waals surface area contributed by atoms with Crippen LogP contribution in [-0.4, -0.2) is 16.0 Å². The van der Waals surface area contributed by atoms with Crippen LogP contribution in [0, 0.1) is 5.82 Å². The second-order valence-corrected chi connectivity index (χ2v) is 9.17. The van der Waals surface area contributed by atoms with E-state index >= 15 is 0 Å². The van der Waals surface area contributed by atoms with E-state index in [-0.39, 0.29) is 18.0 Å². The highest BCUT2D eigenvalue weighted by Gasteiger charge is 2.13. The molecule has 0 saturated carbocycles. The fraction of sp³-hybridized carbons (Fsp3) is 0.120. The largest absolute Gasteiger partial charge is 0.490 e. The molecule has 0 spiro atoms. The lowest BCUT2D eigenvalue weighted by Gasteiger charge is -2.14. The third-order valence-corrected chi connectivity index (χ3v) is 6.76. The van der Waals surface area contributed by atoms with Gasteiger partial charge in [0.15, 0.2) is 16.5 Å². The molecule has 0 saturated heterocycles. The van der Waals surface area contributed by atoms with Gasteiger partial charge in [-0.05, 0) is 60.5 Å². The summed E-state index contributed by atoms with van der Waals surface area (Å²) >= 11 is 4.93. The molecule has 2 heterocycles. The standard InChI is InChI=1S/C25H18BrFN2O3S/c1-2-31-21-11-16(18(26)13-22(21)32-14-15-7-9-17(27)10-8-15)12-23-24(30)29-20-6-4-3-5-19(20)28-25(29)33-23/h3-13H,2,14H2,1H3/b23-12-. The zero-order valence-corrected chi connectivity index (χ0v) is 20.0. The number of hydrogen-bond acceptors (Lipinski definition) is 5. The average molecular weight is 525 g/mol. The number of thiazole rings is 1. The van der Waals surface area contributed by atoms with E-state index < -0.39 is 0 Å². The molecule has 0 aliphatic heterocycles. The lowest BCUT2D eigenvalue weighted by atomic mass is 10.2. The summed E-state index contributed by atoms with van der Waals surface area (Å²) in [5, 5.41) is 0. The summed E-state index contributed by atoms with van der Waals surface area (Å²) in [6.07, 6.45) is 1.83. The summed E-state index contributed by atoms with van der Waals surface area (Å²) < 4.78 is 27.9. The molecular formula is C25H18BrFN2O3S. The number of ether oxygens (including phenoxy) is 2. The van der Waals surface area contributed by atoms with Gasteiger partial charge in [0, 0.05) is 4.47 Å². The molecule has 2 aromatic heterocycles. The van der Waals surface area contributed by atoms with Crippen molar-refractivity contribution in [2.45, 2.75) is 13.5 Å². The Morgan fingerprint density at radius 3 is 2.64 bits per heavy atom. The van der Waals surface area contributed by atoms with Crippen LogP contribution in [0.4, 0.5) is 4.39 Å². The van der Waals surface area contributed by atoms with Crippen LogP contribution in [0.15, 0.2) is 69.9 Å². The summed E-state index contributed by atoms with van der Waals surface area (Å²) in [5.41, 5.74) is 3.13. The molecule has 0 atom stereocenters. The van der Waals surface area contributed by atoms with Crippen molar-refractivity contribution in [2.24, 2.45) is 0 Å². The summed E-state index contributed by atoms with van der Waals surface area (Å²) in [7, 11) is 0. The number of hydrogen-bond donors (Lipinski definition) is 0. The number of aromatic nitrogens is 2. The Morgan fingerprint density at radius 1 is 1.09 bits per heavy atom. The number of rotatable bonds is 6. The summed E-state index contributed by atoms with van der Waals surface area (Å²) in [6.45, 7) is 2.62. The van der Waals surface area contributed by atoms with Crippen LogP contribution in [0.1, 0.15) is 18.1 Å². The van der Waals surface area contributed by atoms with Crippen LogP contribution in [0.5, 0.6) is 11.5 Å². The highest BCUT2D eigenvalue weighted by Crippen LogP contribution is 2.35. The molecule has 3 aromatic carbocycles. The van der Waals surface area contributed by atoms with Crippen molar-refractivity contribution in [1.29, 1.82) is 0 Å². The smallest absolute Gasteiger partial charge is 0.274 e. The third-order valence-electron chi connectivity index (χ3n) is 5.10. The zero-order chi connectivity index (χ0) is 22.9. The Morgan fingerprint density at radius 2 is 1.85 bits per heavy atom. The molecule has 0 radical (unpaired) electrons. The molecule has 5 rings (SSSR count). The number of benzene rings is 3. The van der Waals surface area contributed by atoms with Crippen molar-refractivity contribution in [3.8, 4) is 11.5 Å². The van der Waals surface area contributed by atoms with E-state index in [9.17, 15) is 9.18 Å². The molecule has 0 bridgehead atoms. The second-order valence-electron chi connectivity index (χ2n) is 7.30. The number of halogens is 2. The zero-order valence-electron chi connectivity index (χ0n) is 17.5. The van der Waals surface area contributed by atoms with E-state index in [1.807, 2.05) is 49.4 Å². The summed E-state index contributed by atoms with van der Waals surface area (Å²) in [5.74, 6) is 0.830. The van der Waals surface area contributed by atoms with Crippen LogP contribution in [0.2, 0.25) is 0 Å². The topological polar surface area (TPSA) is 52.8 Å². The predicted octanol–water partition coefficient (Wildman–Crippen LogP) is 5.34. The first-order valence-electron chi connectivity index (χ1n) is 10.3. The normalized spacial score (nSPS) is 12.0. The number of para-hydroxylation sites is 2. The van der Waals surface area contributed by atoms with Gasteiger partial charge in [0.1, 0.15) is 12.4 Å². The Hall–Kier alpha value is -3.23. The van der Waals surface area contributed by atoms with Gasteiger partial charge in [0.05, 0.1) is 22.2 Å². The SMILES string of the molecule is CCOc1cc(/C=c2\sc3nc4ccccc4n3c2=O)c(Br)cc1OCc1ccc(F)cc1. The van der Waals surface area contributed by atoms with Gasteiger partial charge < -0.3 is 9.47 Å². The van der Waals surface area contributed by atoms with Gasteiger partial charge in [-0.15, -0.1) is 0 Å². The first-order chi connectivity index (χ1) is 16.0. The maximum absolute atomic E-state index is 13.1. The van der Waals surface area contributed by atoms with Crippen LogP contribution in [0.25, 0.3) is 22.1 Å². The molecule has 8 heteroatoms. The van der Waals surface area contributed by atoms with Gasteiger partial charge in [0.25, 0.3) is 5.56 Å². The van der Waals surface area contributed by atoms with Gasteiger partial charge in [0.2, 0.25) is 0 Å². The minimum Gasteiger partial charge on any atom is -0.490 e. The quantitative estimate of drug-likeness (QED) is 0.301. The highest BCUT2D eigenvalue weighted by molar-refractivity contribution is 9.10. The van der Waals surface area contributed by atoms with Crippen LogP contribution < -0.4 is 19.6 Å². The van der Waals surface area contributed by atoms with Gasteiger partial charge >= 0.3 is 0 Å². The maximum Gasteiger partial charge on any atom is 0.274 e. The van der Waals surface area contributed by atoms with Gasteiger partial charge in [-0.3, -0.25) is 4.79 Å². The molecule has 0 amide bonds. The van der Waals surface area contributed by atoms with Crippen molar-refractivity contribution >= 4 is 49.3 Å². The van der Waals surface area contributed by atoms with Crippen molar-refractivity contribution in [3.63, 3.8) is 0 Å². The van der Waals surface area contributed by atoms with Crippen LogP contribution in [0.3, 0.4) is 0 Å². The molecule has 0 unspecified atom stereocenters. The lowest BCUT2D eigenvalue weighted by Crippen LogP contribution is -2.22. The minimum absolute atomic E-state index is 0.106. The Balaban J connectivity index is 1.52. The first kappa shape index (κ1) is 21.6. The molecule has 0 N–H and O–H groups in total. The van der Waals surface area contributed by atoms with E-state index in [4.69, 9.17) is 9.47 Å². The number of fused-ring (bicyclic) bond motifs is 3. The molecule has 33 heavy (non-hydrogen) atoms. The Bertz CT molecular complexity index is 1580. The van der Waals surface area contributed by atoms with Crippen LogP contribution in [-0.2, 0) is 6.61 Å². The highest BCUT2D eigenvalue weighted by atomic mass is 79.9. The van der Waals surface area contributed by atoms with Crippen molar-refractivity contribution in [1.82, 2.24) is 9.38 Å². The van der Waals surface area contributed by atoms with E-state index in [2.05, 4.69) is 20.9 Å². The van der Waals surface area contributed by atoms with Crippen molar-refractivity contribution in [2.75, 3.05) is 6.61 Å². The summed E-state index contributed by atoms with van der Waals surface area (Å²) in [4.78, 5) is 18.3. The first-order valence-corrected chi connectivity index (χ1v) is 11.9. The number of nitrogens with zero attached hydrogens (tertiary/aromatic N) is 2. The Kier molecular flexibility index (Phi) is 5.86. The second kappa shape index (κ2) is 8.96. The van der Waals surface area contributed by atoms with Crippen LogP contribution >= 0.6 is 27.3 Å². The maximum atomic E-state index is 13.1. The summed E-state index contributed by atoms with van der Waals surface area (Å²) in [6, 6.07) is 17.4. The van der Waals surface area contributed by atoms with E-state index in [0.29, 0.717) is 27.6 Å². The average Bonchev–Trinajstić information content (AvgIpc) is 3.32. The molecule has 5 aromatic rings. The van der Waals surface area contributed by atoms with Crippen molar-refractivity contribution < 1.29 is 13.9 Å². The van der Waals surface area contributed by atoms with E-state index in [1.54, 1.807) is 16.5 Å². The molecule has 0 aliphatic carbocycles. The monoisotopic (exact) mass is 524 g/mol. The molecule has 0 fully saturated rings. The third kappa shape index (κ3) is 4.24. The molecule has 0 aliphatic rings. The van der Waals surface area contributed by atoms with Gasteiger partial charge in [-0.1, -0.05) is 51.5 Å². The fourth-order valence-electron chi connectivity index (χ4n) is 3.54. The molecule has 5 nitrogen and oxygen atoms in total. The molecule has 166 valence electrons. The van der Waals surface area contributed by atoms with E-state index in [0.717, 1.165) is 26.6 Å². The van der Waals surface area contributed by atoms with E-state index in [1.165, 1.54) is 23.5 Å². The molecular weight excluding hydrogens is 507 g/mol.